The summed E-state index contributed by atoms with van der Waals surface area (Å²) in [7, 11) is 1.26. The zero-order valence-electron chi connectivity index (χ0n) is 18.8. The standard InChI is InChI=1S/C25H25NO8/c1-14-9-20(29)24(25(31)26(14)8-7-15-3-5-18(27)19(28)10-15)17(12-23(30)32-2)16-4-6-21-22(11-16)34-13-33-21/h3-6,9-11,17,27-29H,7-8,12-13H2,1-2H3/t17-/m0/s1. The van der Waals surface area contributed by atoms with Crippen LogP contribution < -0.4 is 15.0 Å². The van der Waals surface area contributed by atoms with Crippen molar-refractivity contribution in [3.05, 3.63) is 75.2 Å². The summed E-state index contributed by atoms with van der Waals surface area (Å²) in [6, 6.07) is 11.1. The molecule has 0 amide bonds. The average Bonchev–Trinajstić information content (AvgIpc) is 3.28. The van der Waals surface area contributed by atoms with Crippen LogP contribution in [0, 0.1) is 6.92 Å². The Labute approximate surface area is 195 Å². The molecular weight excluding hydrogens is 442 g/mol. The second kappa shape index (κ2) is 9.38. The summed E-state index contributed by atoms with van der Waals surface area (Å²) in [6.07, 6.45) is 0.234. The number of aromatic nitrogens is 1. The fourth-order valence-corrected chi connectivity index (χ4v) is 4.11. The van der Waals surface area contributed by atoms with Gasteiger partial charge in [-0.05, 0) is 54.8 Å². The summed E-state index contributed by atoms with van der Waals surface area (Å²) in [5, 5.41) is 30.0. The highest BCUT2D eigenvalue weighted by Gasteiger charge is 2.28. The summed E-state index contributed by atoms with van der Waals surface area (Å²) in [6.45, 7) is 2.04. The quantitative estimate of drug-likeness (QED) is 0.358. The Kier molecular flexibility index (Phi) is 6.36. The van der Waals surface area contributed by atoms with Crippen LogP contribution in [-0.4, -0.2) is 39.8 Å². The number of nitrogens with zero attached hydrogens (tertiary/aromatic N) is 1. The van der Waals surface area contributed by atoms with E-state index >= 15 is 0 Å². The van der Waals surface area contributed by atoms with Crippen molar-refractivity contribution < 1.29 is 34.3 Å². The van der Waals surface area contributed by atoms with Crippen molar-refractivity contribution in [2.75, 3.05) is 13.9 Å². The van der Waals surface area contributed by atoms with Gasteiger partial charge in [-0.1, -0.05) is 12.1 Å². The monoisotopic (exact) mass is 467 g/mol. The van der Waals surface area contributed by atoms with Crippen molar-refractivity contribution in [3.8, 4) is 28.7 Å². The Morgan fingerprint density at radius 2 is 1.79 bits per heavy atom. The van der Waals surface area contributed by atoms with Crippen molar-refractivity contribution >= 4 is 5.97 Å². The predicted octanol–water partition coefficient (Wildman–Crippen LogP) is 2.94. The molecule has 34 heavy (non-hydrogen) atoms. The summed E-state index contributed by atoms with van der Waals surface area (Å²) in [5.74, 6) is -0.943. The second-order valence-corrected chi connectivity index (χ2v) is 8.06. The summed E-state index contributed by atoms with van der Waals surface area (Å²) in [5.41, 5.74) is 1.49. The molecule has 2 heterocycles. The molecule has 0 fully saturated rings. The summed E-state index contributed by atoms with van der Waals surface area (Å²) >= 11 is 0. The third-order valence-corrected chi connectivity index (χ3v) is 5.93. The molecule has 1 aromatic heterocycles. The minimum Gasteiger partial charge on any atom is -0.507 e. The first-order valence-corrected chi connectivity index (χ1v) is 10.7. The smallest absolute Gasteiger partial charge is 0.306 e. The van der Waals surface area contributed by atoms with E-state index in [2.05, 4.69) is 0 Å². The molecule has 2 aromatic carbocycles. The van der Waals surface area contributed by atoms with Crippen LogP contribution >= 0.6 is 0 Å². The van der Waals surface area contributed by atoms with Crippen LogP contribution in [0.3, 0.4) is 0 Å². The number of carbonyl (C=O) groups is 1. The van der Waals surface area contributed by atoms with Gasteiger partial charge < -0.3 is 34.1 Å². The van der Waals surface area contributed by atoms with Gasteiger partial charge in [-0.15, -0.1) is 0 Å². The zero-order chi connectivity index (χ0) is 24.4. The first-order valence-electron chi connectivity index (χ1n) is 10.7. The van der Waals surface area contributed by atoms with Gasteiger partial charge >= 0.3 is 5.97 Å². The van der Waals surface area contributed by atoms with Gasteiger partial charge in [0.15, 0.2) is 23.0 Å². The number of fused-ring (bicyclic) bond motifs is 1. The summed E-state index contributed by atoms with van der Waals surface area (Å²) in [4.78, 5) is 25.8. The van der Waals surface area contributed by atoms with Gasteiger partial charge in [0.1, 0.15) is 5.75 Å². The molecule has 178 valence electrons. The third-order valence-electron chi connectivity index (χ3n) is 5.93. The number of rotatable bonds is 7. The maximum atomic E-state index is 13.6. The minimum atomic E-state index is -0.779. The predicted molar refractivity (Wildman–Crippen MR) is 122 cm³/mol. The molecule has 0 radical (unpaired) electrons. The zero-order valence-corrected chi connectivity index (χ0v) is 18.8. The number of pyridine rings is 1. The number of ether oxygens (including phenoxy) is 3. The number of carbonyl (C=O) groups excluding carboxylic acids is 1. The number of phenolic OH excluding ortho intramolecular Hbond substituents is 2. The van der Waals surface area contributed by atoms with Gasteiger partial charge in [-0.2, -0.15) is 0 Å². The number of benzene rings is 2. The van der Waals surface area contributed by atoms with Gasteiger partial charge in [0.2, 0.25) is 6.79 Å². The Morgan fingerprint density at radius 1 is 1.03 bits per heavy atom. The van der Waals surface area contributed by atoms with Crippen LogP contribution in [-0.2, 0) is 22.5 Å². The normalized spacial score (nSPS) is 13.0. The van der Waals surface area contributed by atoms with Crippen molar-refractivity contribution in [2.45, 2.75) is 32.2 Å². The van der Waals surface area contributed by atoms with Crippen LogP contribution in [0.4, 0.5) is 0 Å². The molecule has 1 aliphatic rings. The van der Waals surface area contributed by atoms with Gasteiger partial charge in [-0.3, -0.25) is 9.59 Å². The molecule has 0 spiro atoms. The second-order valence-electron chi connectivity index (χ2n) is 8.06. The maximum Gasteiger partial charge on any atom is 0.306 e. The van der Waals surface area contributed by atoms with Crippen LogP contribution in [0.15, 0.2) is 47.3 Å². The third kappa shape index (κ3) is 4.50. The molecule has 0 aliphatic carbocycles. The average molecular weight is 467 g/mol. The fraction of sp³-hybridized carbons (Fsp3) is 0.280. The van der Waals surface area contributed by atoms with E-state index in [4.69, 9.17) is 14.2 Å². The molecule has 3 aromatic rings. The molecule has 0 saturated heterocycles. The van der Waals surface area contributed by atoms with E-state index in [0.717, 1.165) is 5.56 Å². The first-order chi connectivity index (χ1) is 16.3. The number of methoxy groups -OCH3 is 1. The van der Waals surface area contributed by atoms with Crippen LogP contribution in [0.2, 0.25) is 0 Å². The maximum absolute atomic E-state index is 13.6. The first kappa shape index (κ1) is 23.0. The molecule has 0 unspecified atom stereocenters. The number of phenols is 2. The van der Waals surface area contributed by atoms with E-state index in [0.29, 0.717) is 29.2 Å². The van der Waals surface area contributed by atoms with Gasteiger partial charge in [-0.25, -0.2) is 0 Å². The van der Waals surface area contributed by atoms with E-state index in [1.165, 1.54) is 29.9 Å². The van der Waals surface area contributed by atoms with E-state index < -0.39 is 17.4 Å². The Morgan fingerprint density at radius 3 is 2.53 bits per heavy atom. The molecule has 0 saturated carbocycles. The number of aromatic hydroxyl groups is 3. The highest BCUT2D eigenvalue weighted by molar-refractivity contribution is 5.71. The van der Waals surface area contributed by atoms with E-state index in [9.17, 15) is 24.9 Å². The molecule has 4 rings (SSSR count). The number of hydrogen-bond donors (Lipinski definition) is 3. The molecule has 9 heteroatoms. The highest BCUT2D eigenvalue weighted by atomic mass is 16.7. The molecule has 0 bridgehead atoms. The van der Waals surface area contributed by atoms with Gasteiger partial charge in [0.25, 0.3) is 5.56 Å². The lowest BCUT2D eigenvalue weighted by Gasteiger charge is -2.21. The fourth-order valence-electron chi connectivity index (χ4n) is 4.11. The topological polar surface area (TPSA) is 127 Å². The van der Waals surface area contributed by atoms with Crippen molar-refractivity contribution in [1.82, 2.24) is 4.57 Å². The largest absolute Gasteiger partial charge is 0.507 e. The SMILES string of the molecule is COC(=O)C[C@@H](c1ccc2c(c1)OCO2)c1c(O)cc(C)n(CCc2ccc(O)c(O)c2)c1=O. The van der Waals surface area contributed by atoms with Crippen LogP contribution in [0.1, 0.15) is 34.7 Å². The lowest BCUT2D eigenvalue weighted by atomic mass is 9.88. The number of esters is 1. The van der Waals surface area contributed by atoms with E-state index in [-0.39, 0.29) is 42.6 Å². The molecule has 3 N–H and O–H groups in total. The van der Waals surface area contributed by atoms with Gasteiger partial charge in [0.05, 0.1) is 19.1 Å². The Bertz CT molecular complexity index is 1300. The van der Waals surface area contributed by atoms with Crippen LogP contribution in [0.25, 0.3) is 0 Å². The highest BCUT2D eigenvalue weighted by Crippen LogP contribution is 2.39. The number of hydrogen-bond acceptors (Lipinski definition) is 8. The van der Waals surface area contributed by atoms with E-state index in [1.54, 1.807) is 31.2 Å². The number of aryl methyl sites for hydroxylation is 2. The van der Waals surface area contributed by atoms with Gasteiger partial charge in [0, 0.05) is 18.2 Å². The Balaban J connectivity index is 1.74. The lowest BCUT2D eigenvalue weighted by molar-refractivity contribution is -0.140. The minimum absolute atomic E-state index is 0.0726. The summed E-state index contributed by atoms with van der Waals surface area (Å²) < 4.78 is 17.2. The molecule has 1 atom stereocenters. The Hall–Kier alpha value is -4.14. The molecular formula is C25H25NO8. The van der Waals surface area contributed by atoms with Crippen molar-refractivity contribution in [3.63, 3.8) is 0 Å². The molecule has 1 aliphatic heterocycles. The van der Waals surface area contributed by atoms with Crippen LogP contribution in [0.5, 0.6) is 28.7 Å². The van der Waals surface area contributed by atoms with Crippen molar-refractivity contribution in [1.29, 1.82) is 0 Å². The molecule has 9 nitrogen and oxygen atoms in total. The lowest BCUT2D eigenvalue weighted by Crippen LogP contribution is -2.29. The van der Waals surface area contributed by atoms with Crippen molar-refractivity contribution in [2.24, 2.45) is 0 Å². The van der Waals surface area contributed by atoms with E-state index in [1.807, 2.05) is 0 Å².